The molecule has 6 heteroatoms. The number of allylic oxidation sites excluding steroid dienone is 2. The highest BCUT2D eigenvalue weighted by Crippen LogP contribution is 2.27. The topological polar surface area (TPSA) is 56.7 Å². The van der Waals surface area contributed by atoms with Crippen LogP contribution in [0, 0.1) is 6.92 Å². The zero-order valence-electron chi connectivity index (χ0n) is 20.0. The number of aryl methyl sites for hydroxylation is 1. The Morgan fingerprint density at radius 1 is 1.09 bits per heavy atom. The molecule has 0 amide bonds. The van der Waals surface area contributed by atoms with E-state index in [9.17, 15) is 0 Å². The summed E-state index contributed by atoms with van der Waals surface area (Å²) >= 11 is 0. The predicted molar refractivity (Wildman–Crippen MR) is 141 cm³/mol. The Bertz CT molecular complexity index is 1220. The molecule has 1 saturated heterocycles. The molecule has 0 unspecified atom stereocenters. The molecule has 3 heterocycles. The first kappa shape index (κ1) is 22.7. The molecule has 1 aromatic carbocycles. The van der Waals surface area contributed by atoms with Crippen LogP contribution in [0.3, 0.4) is 0 Å². The molecule has 0 aliphatic carbocycles. The van der Waals surface area contributed by atoms with Crippen molar-refractivity contribution in [3.8, 4) is 0 Å². The number of rotatable bonds is 6. The van der Waals surface area contributed by atoms with Gasteiger partial charge in [-0.2, -0.15) is 0 Å². The van der Waals surface area contributed by atoms with E-state index in [0.717, 1.165) is 76.7 Å². The van der Waals surface area contributed by atoms with Crippen molar-refractivity contribution in [1.29, 1.82) is 0 Å². The third-order valence-electron chi connectivity index (χ3n) is 6.13. The van der Waals surface area contributed by atoms with Gasteiger partial charge in [0.2, 0.25) is 0 Å². The molecule has 170 valence electrons. The highest BCUT2D eigenvalue weighted by molar-refractivity contribution is 6.10. The smallest absolute Gasteiger partial charge is 0.131 e. The molecule has 33 heavy (non-hydrogen) atoms. The zero-order valence-corrected chi connectivity index (χ0v) is 20.0. The Labute approximate surface area is 196 Å². The summed E-state index contributed by atoms with van der Waals surface area (Å²) in [6, 6.07) is 12.6. The van der Waals surface area contributed by atoms with E-state index < -0.39 is 0 Å². The van der Waals surface area contributed by atoms with E-state index in [4.69, 9.17) is 4.98 Å². The van der Waals surface area contributed by atoms with Crippen molar-refractivity contribution < 1.29 is 0 Å². The van der Waals surface area contributed by atoms with Crippen LogP contribution in [0.5, 0.6) is 0 Å². The summed E-state index contributed by atoms with van der Waals surface area (Å²) in [5.74, 6) is 1.78. The van der Waals surface area contributed by atoms with Crippen LogP contribution in [-0.4, -0.2) is 61.4 Å². The Hall–Kier alpha value is -3.51. The van der Waals surface area contributed by atoms with Crippen molar-refractivity contribution in [2.45, 2.75) is 13.8 Å². The summed E-state index contributed by atoms with van der Waals surface area (Å²) < 4.78 is 0. The van der Waals surface area contributed by atoms with E-state index in [1.165, 1.54) is 0 Å². The van der Waals surface area contributed by atoms with E-state index in [1.54, 1.807) is 7.05 Å². The SMILES string of the molecule is C=C(Nc1cc2cc(C(/C=N\C)=C/C)ccc2c(C)n1)c1ccnc(N2CCN(C)CC2)c1. The summed E-state index contributed by atoms with van der Waals surface area (Å²) in [7, 11) is 3.95. The molecule has 0 radical (unpaired) electrons. The quantitative estimate of drug-likeness (QED) is 0.554. The van der Waals surface area contributed by atoms with Crippen molar-refractivity contribution >= 4 is 39.9 Å². The molecule has 1 fully saturated rings. The van der Waals surface area contributed by atoms with Crippen LogP contribution in [-0.2, 0) is 0 Å². The van der Waals surface area contributed by atoms with Crippen LogP contribution >= 0.6 is 0 Å². The lowest BCUT2D eigenvalue weighted by molar-refractivity contribution is 0.312. The normalized spacial score (nSPS) is 15.4. The minimum absolute atomic E-state index is 0.784. The van der Waals surface area contributed by atoms with Gasteiger partial charge in [-0.25, -0.2) is 9.97 Å². The molecule has 2 aromatic heterocycles. The third kappa shape index (κ3) is 5.12. The largest absolute Gasteiger partial charge is 0.354 e. The number of hydrogen-bond donors (Lipinski definition) is 1. The maximum absolute atomic E-state index is 4.77. The van der Waals surface area contributed by atoms with E-state index >= 15 is 0 Å². The second-order valence-electron chi connectivity index (χ2n) is 8.46. The first-order chi connectivity index (χ1) is 16.0. The molecule has 6 nitrogen and oxygen atoms in total. The first-order valence-corrected chi connectivity index (χ1v) is 11.3. The van der Waals surface area contributed by atoms with Gasteiger partial charge in [0.1, 0.15) is 11.6 Å². The molecule has 4 rings (SSSR count). The second kappa shape index (κ2) is 9.96. The predicted octanol–water partition coefficient (Wildman–Crippen LogP) is 4.88. The summed E-state index contributed by atoms with van der Waals surface area (Å²) in [5.41, 5.74) is 5.04. The van der Waals surface area contributed by atoms with Crippen LogP contribution in [0.2, 0.25) is 0 Å². The molecule has 1 aliphatic heterocycles. The lowest BCUT2D eigenvalue weighted by atomic mass is 10.0. The van der Waals surface area contributed by atoms with E-state index in [0.29, 0.717) is 0 Å². The zero-order chi connectivity index (χ0) is 23.4. The van der Waals surface area contributed by atoms with Gasteiger partial charge in [0.25, 0.3) is 0 Å². The van der Waals surface area contributed by atoms with Crippen LogP contribution < -0.4 is 10.2 Å². The van der Waals surface area contributed by atoms with Gasteiger partial charge < -0.3 is 15.1 Å². The molecule has 0 bridgehead atoms. The maximum Gasteiger partial charge on any atom is 0.131 e. The summed E-state index contributed by atoms with van der Waals surface area (Å²) in [6.45, 7) is 12.4. The number of benzene rings is 1. The van der Waals surface area contributed by atoms with E-state index in [1.807, 2.05) is 32.3 Å². The van der Waals surface area contributed by atoms with Crippen LogP contribution in [0.25, 0.3) is 22.0 Å². The number of piperazine rings is 1. The molecule has 1 N–H and O–H groups in total. The van der Waals surface area contributed by atoms with Gasteiger partial charge in [0, 0.05) is 68.0 Å². The average Bonchev–Trinajstić information content (AvgIpc) is 2.82. The van der Waals surface area contributed by atoms with E-state index in [-0.39, 0.29) is 0 Å². The van der Waals surface area contributed by atoms with Gasteiger partial charge in [-0.1, -0.05) is 24.8 Å². The summed E-state index contributed by atoms with van der Waals surface area (Å²) in [4.78, 5) is 18.2. The number of likely N-dealkylation sites (N-methyl/N-ethyl adjacent to an activating group) is 1. The summed E-state index contributed by atoms with van der Waals surface area (Å²) in [5, 5.41) is 5.69. The fourth-order valence-electron chi connectivity index (χ4n) is 4.17. The number of nitrogens with zero attached hydrogens (tertiary/aromatic N) is 5. The number of aromatic nitrogens is 2. The van der Waals surface area contributed by atoms with Gasteiger partial charge in [-0.3, -0.25) is 4.99 Å². The Kier molecular flexibility index (Phi) is 6.84. The highest BCUT2D eigenvalue weighted by atomic mass is 15.3. The highest BCUT2D eigenvalue weighted by Gasteiger charge is 2.16. The standard InChI is InChI=1S/C27H32N6/c1-6-21(18-28-4)23-7-8-25-20(3)31-26(16-24(25)15-23)30-19(2)22-9-10-29-27(17-22)33-13-11-32(5)12-14-33/h6-10,15-18H,2,11-14H2,1,3-5H3,(H,30,31)/b21-6+,28-18-. The summed E-state index contributed by atoms with van der Waals surface area (Å²) in [6.07, 6.45) is 5.82. The lowest BCUT2D eigenvalue weighted by Gasteiger charge is -2.33. The Balaban J connectivity index is 1.58. The Morgan fingerprint density at radius 2 is 1.88 bits per heavy atom. The number of nitrogens with one attached hydrogen (secondary N) is 1. The number of aliphatic imine (C=N–C) groups is 1. The molecule has 0 saturated carbocycles. The molecular weight excluding hydrogens is 408 g/mol. The van der Waals surface area contributed by atoms with Gasteiger partial charge in [-0.05, 0) is 61.7 Å². The molecule has 0 atom stereocenters. The van der Waals surface area contributed by atoms with Crippen molar-refractivity contribution in [3.63, 3.8) is 0 Å². The minimum atomic E-state index is 0.784. The van der Waals surface area contributed by atoms with Crippen molar-refractivity contribution in [1.82, 2.24) is 14.9 Å². The first-order valence-electron chi connectivity index (χ1n) is 11.3. The Morgan fingerprint density at radius 3 is 2.61 bits per heavy atom. The van der Waals surface area contributed by atoms with Crippen molar-refractivity contribution in [3.05, 3.63) is 72.1 Å². The van der Waals surface area contributed by atoms with E-state index in [2.05, 4.69) is 75.1 Å². The van der Waals surface area contributed by atoms with Gasteiger partial charge in [0.05, 0.1) is 0 Å². The van der Waals surface area contributed by atoms with Crippen molar-refractivity contribution in [2.75, 3.05) is 50.5 Å². The molecule has 0 spiro atoms. The third-order valence-corrected chi connectivity index (χ3v) is 6.13. The molecule has 1 aliphatic rings. The second-order valence-corrected chi connectivity index (χ2v) is 8.46. The molecular formula is C27H32N6. The maximum atomic E-state index is 4.77. The van der Waals surface area contributed by atoms with Gasteiger partial charge >= 0.3 is 0 Å². The number of fused-ring (bicyclic) bond motifs is 1. The minimum Gasteiger partial charge on any atom is -0.354 e. The van der Waals surface area contributed by atoms with Gasteiger partial charge in [0.15, 0.2) is 0 Å². The number of hydrogen-bond acceptors (Lipinski definition) is 6. The van der Waals surface area contributed by atoms with Crippen LogP contribution in [0.4, 0.5) is 11.6 Å². The van der Waals surface area contributed by atoms with Crippen LogP contribution in [0.1, 0.15) is 23.7 Å². The lowest BCUT2D eigenvalue weighted by Crippen LogP contribution is -2.44. The fourth-order valence-corrected chi connectivity index (χ4v) is 4.17. The fraction of sp³-hybridized carbons (Fsp3) is 0.296. The average molecular weight is 441 g/mol. The monoisotopic (exact) mass is 440 g/mol. The van der Waals surface area contributed by atoms with Crippen LogP contribution in [0.15, 0.2) is 60.2 Å². The van der Waals surface area contributed by atoms with Gasteiger partial charge in [-0.15, -0.1) is 0 Å². The molecule has 3 aromatic rings. The van der Waals surface area contributed by atoms with Crippen molar-refractivity contribution in [2.24, 2.45) is 4.99 Å². The number of pyridine rings is 2. The number of anilines is 2.